The van der Waals surface area contributed by atoms with Crippen molar-refractivity contribution < 1.29 is 9.13 Å². The third kappa shape index (κ3) is 1.57. The van der Waals surface area contributed by atoms with Crippen molar-refractivity contribution in [3.05, 3.63) is 23.9 Å². The molecule has 0 unspecified atom stereocenters. The van der Waals surface area contributed by atoms with Crippen molar-refractivity contribution in [3.63, 3.8) is 0 Å². The number of halogens is 1. The number of alkyl halides is 1. The molecule has 1 N–H and O–H groups in total. The summed E-state index contributed by atoms with van der Waals surface area (Å²) in [6, 6.07) is 3.55. The lowest BCUT2D eigenvalue weighted by Gasteiger charge is -2.33. The van der Waals surface area contributed by atoms with Crippen LogP contribution < -0.4 is 5.32 Å². The van der Waals surface area contributed by atoms with E-state index >= 15 is 0 Å². The van der Waals surface area contributed by atoms with Crippen LogP contribution in [-0.4, -0.2) is 24.7 Å². The van der Waals surface area contributed by atoms with Crippen molar-refractivity contribution >= 4 is 5.82 Å². The van der Waals surface area contributed by atoms with Crippen LogP contribution in [0.4, 0.5) is 10.2 Å². The highest BCUT2D eigenvalue weighted by Gasteiger charge is 2.40. The average Bonchev–Trinajstić information content (AvgIpc) is 2.16. The molecule has 0 amide bonds. The van der Waals surface area contributed by atoms with Gasteiger partial charge in [-0.15, -0.1) is 0 Å². The first-order valence-electron chi connectivity index (χ1n) is 4.72. The van der Waals surface area contributed by atoms with Crippen molar-refractivity contribution in [3.8, 4) is 0 Å². The number of rotatable bonds is 3. The van der Waals surface area contributed by atoms with E-state index in [1.165, 1.54) is 0 Å². The molecule has 76 valence electrons. The average molecular weight is 196 g/mol. The maximum absolute atomic E-state index is 13.8. The Balaban J connectivity index is 2.13. The lowest BCUT2D eigenvalue weighted by atomic mass is 9.96. The topological polar surface area (TPSA) is 34.1 Å². The highest BCUT2D eigenvalue weighted by Crippen LogP contribution is 2.33. The summed E-state index contributed by atoms with van der Waals surface area (Å²) in [5.74, 6) is 0.778. The standard InChI is InChI=1S/C10H13FN2O/c1-2-12-9-4-3-8(5-13-9)10(11)6-14-7-10/h3-5H,2,6-7H2,1H3,(H,12,13). The molecule has 1 aromatic heterocycles. The lowest BCUT2D eigenvalue weighted by molar-refractivity contribution is -0.135. The van der Waals surface area contributed by atoms with Crippen LogP contribution in [0, 0.1) is 0 Å². The number of anilines is 1. The molecular formula is C10H13FN2O. The SMILES string of the molecule is CCNc1ccc(C2(F)COC2)cn1. The summed E-state index contributed by atoms with van der Waals surface area (Å²) in [7, 11) is 0. The van der Waals surface area contributed by atoms with Crippen LogP contribution in [-0.2, 0) is 10.4 Å². The second-order valence-electron chi connectivity index (χ2n) is 3.42. The normalized spacial score (nSPS) is 18.7. The predicted molar refractivity (Wildman–Crippen MR) is 52.0 cm³/mol. The molecule has 1 aromatic rings. The first-order chi connectivity index (χ1) is 6.74. The van der Waals surface area contributed by atoms with Gasteiger partial charge in [-0.25, -0.2) is 9.37 Å². The van der Waals surface area contributed by atoms with E-state index in [4.69, 9.17) is 4.74 Å². The second-order valence-corrected chi connectivity index (χ2v) is 3.42. The Labute approximate surface area is 82.3 Å². The van der Waals surface area contributed by atoms with Crippen LogP contribution in [0.1, 0.15) is 12.5 Å². The molecule has 1 saturated heterocycles. The number of nitrogens with one attached hydrogen (secondary N) is 1. The number of ether oxygens (including phenoxy) is 1. The summed E-state index contributed by atoms with van der Waals surface area (Å²) in [5.41, 5.74) is -0.706. The van der Waals surface area contributed by atoms with Crippen LogP contribution in [0.2, 0.25) is 0 Å². The van der Waals surface area contributed by atoms with Crippen molar-refractivity contribution in [1.29, 1.82) is 0 Å². The van der Waals surface area contributed by atoms with Crippen molar-refractivity contribution in [1.82, 2.24) is 4.98 Å². The highest BCUT2D eigenvalue weighted by molar-refractivity contribution is 5.37. The molecule has 14 heavy (non-hydrogen) atoms. The number of hydrogen-bond donors (Lipinski definition) is 1. The Morgan fingerprint density at radius 3 is 2.79 bits per heavy atom. The number of pyridine rings is 1. The van der Waals surface area contributed by atoms with Gasteiger partial charge in [-0.05, 0) is 13.0 Å². The molecule has 0 bridgehead atoms. The predicted octanol–water partition coefficient (Wildman–Crippen LogP) is 1.71. The minimum atomic E-state index is -1.31. The number of aromatic nitrogens is 1. The van der Waals surface area contributed by atoms with Crippen molar-refractivity contribution in [2.24, 2.45) is 0 Å². The van der Waals surface area contributed by atoms with Crippen LogP contribution >= 0.6 is 0 Å². The van der Waals surface area contributed by atoms with E-state index in [-0.39, 0.29) is 13.2 Å². The van der Waals surface area contributed by atoms with Gasteiger partial charge in [0.15, 0.2) is 5.67 Å². The van der Waals surface area contributed by atoms with Gasteiger partial charge in [-0.3, -0.25) is 0 Å². The Kier molecular flexibility index (Phi) is 2.37. The van der Waals surface area contributed by atoms with Crippen LogP contribution in [0.3, 0.4) is 0 Å². The van der Waals surface area contributed by atoms with Crippen LogP contribution in [0.25, 0.3) is 0 Å². The van der Waals surface area contributed by atoms with Crippen molar-refractivity contribution in [2.45, 2.75) is 12.6 Å². The Hall–Kier alpha value is -1.16. The summed E-state index contributed by atoms with van der Waals surface area (Å²) in [5, 5.41) is 3.06. The van der Waals surface area contributed by atoms with E-state index in [2.05, 4.69) is 10.3 Å². The van der Waals surface area contributed by atoms with Gasteiger partial charge in [-0.1, -0.05) is 6.07 Å². The van der Waals surface area contributed by atoms with Crippen LogP contribution in [0.15, 0.2) is 18.3 Å². The maximum atomic E-state index is 13.8. The van der Waals surface area contributed by atoms with Gasteiger partial charge in [0.05, 0.1) is 13.2 Å². The first-order valence-corrected chi connectivity index (χ1v) is 4.72. The summed E-state index contributed by atoms with van der Waals surface area (Å²) < 4.78 is 18.6. The van der Waals surface area contributed by atoms with Gasteiger partial charge >= 0.3 is 0 Å². The van der Waals surface area contributed by atoms with Gasteiger partial charge in [-0.2, -0.15) is 0 Å². The van der Waals surface area contributed by atoms with E-state index in [0.29, 0.717) is 5.56 Å². The van der Waals surface area contributed by atoms with E-state index < -0.39 is 5.67 Å². The molecule has 0 saturated carbocycles. The second kappa shape index (κ2) is 3.53. The molecule has 4 heteroatoms. The zero-order valence-electron chi connectivity index (χ0n) is 8.09. The van der Waals surface area contributed by atoms with Gasteiger partial charge < -0.3 is 10.1 Å². The summed E-state index contributed by atoms with van der Waals surface area (Å²) in [6.07, 6.45) is 1.57. The Morgan fingerprint density at radius 2 is 2.36 bits per heavy atom. The molecule has 1 fully saturated rings. The lowest BCUT2D eigenvalue weighted by Crippen LogP contribution is -2.42. The molecule has 0 spiro atoms. The fourth-order valence-electron chi connectivity index (χ4n) is 1.39. The third-order valence-electron chi connectivity index (χ3n) is 2.30. The molecule has 0 atom stereocenters. The van der Waals surface area contributed by atoms with Gasteiger partial charge in [0, 0.05) is 18.3 Å². The quantitative estimate of drug-likeness (QED) is 0.799. The maximum Gasteiger partial charge on any atom is 0.183 e. The van der Waals surface area contributed by atoms with E-state index in [0.717, 1.165) is 12.4 Å². The monoisotopic (exact) mass is 196 g/mol. The number of nitrogens with zero attached hydrogens (tertiary/aromatic N) is 1. The summed E-state index contributed by atoms with van der Waals surface area (Å²) >= 11 is 0. The van der Waals surface area contributed by atoms with Gasteiger partial charge in [0.25, 0.3) is 0 Å². The molecule has 1 aliphatic rings. The van der Waals surface area contributed by atoms with Crippen molar-refractivity contribution in [2.75, 3.05) is 25.1 Å². The molecule has 0 aromatic carbocycles. The number of hydrogen-bond acceptors (Lipinski definition) is 3. The third-order valence-corrected chi connectivity index (χ3v) is 2.30. The largest absolute Gasteiger partial charge is 0.374 e. The summed E-state index contributed by atoms with van der Waals surface area (Å²) in [6.45, 7) is 3.10. The van der Waals surface area contributed by atoms with Gasteiger partial charge in [0.1, 0.15) is 5.82 Å². The molecular weight excluding hydrogens is 183 g/mol. The molecule has 1 aliphatic heterocycles. The van der Waals surface area contributed by atoms with E-state index in [1.54, 1.807) is 18.3 Å². The minimum Gasteiger partial charge on any atom is -0.374 e. The molecule has 0 radical (unpaired) electrons. The summed E-state index contributed by atoms with van der Waals surface area (Å²) in [4.78, 5) is 4.11. The highest BCUT2D eigenvalue weighted by atomic mass is 19.1. The fourth-order valence-corrected chi connectivity index (χ4v) is 1.39. The molecule has 3 nitrogen and oxygen atoms in total. The molecule has 2 heterocycles. The van der Waals surface area contributed by atoms with E-state index in [1.807, 2.05) is 6.92 Å². The first kappa shape index (κ1) is 9.40. The fraction of sp³-hybridized carbons (Fsp3) is 0.500. The minimum absolute atomic E-state index is 0.148. The smallest absolute Gasteiger partial charge is 0.183 e. The van der Waals surface area contributed by atoms with E-state index in [9.17, 15) is 4.39 Å². The zero-order chi connectivity index (χ0) is 10.0. The zero-order valence-corrected chi connectivity index (χ0v) is 8.09. The Morgan fingerprint density at radius 1 is 1.57 bits per heavy atom. The molecule has 0 aliphatic carbocycles. The molecule has 2 rings (SSSR count). The van der Waals surface area contributed by atoms with Crippen LogP contribution in [0.5, 0.6) is 0 Å². The Bertz CT molecular complexity index is 308. The van der Waals surface area contributed by atoms with Gasteiger partial charge in [0.2, 0.25) is 0 Å².